The summed E-state index contributed by atoms with van der Waals surface area (Å²) >= 11 is 0. The lowest BCUT2D eigenvalue weighted by molar-refractivity contribution is -0.119. The molecule has 0 aromatic heterocycles. The first-order valence-electron chi connectivity index (χ1n) is 4.57. The molecule has 70 valence electrons. The molecular formula is C9H17NO2. The molecule has 0 aliphatic carbocycles. The van der Waals surface area contributed by atoms with Gasteiger partial charge in [0, 0.05) is 26.0 Å². The van der Waals surface area contributed by atoms with Crippen molar-refractivity contribution in [2.75, 3.05) is 13.7 Å². The number of carbonyl (C=O) groups excluding carboxylic acids is 1. The smallest absolute Gasteiger partial charge is 0.220 e. The average Bonchev–Trinajstić information content (AvgIpc) is 2.47. The van der Waals surface area contributed by atoms with Crippen molar-refractivity contribution < 1.29 is 9.53 Å². The van der Waals surface area contributed by atoms with E-state index in [0.717, 1.165) is 19.4 Å². The van der Waals surface area contributed by atoms with E-state index in [1.165, 1.54) is 0 Å². The van der Waals surface area contributed by atoms with Gasteiger partial charge in [-0.3, -0.25) is 4.79 Å². The maximum Gasteiger partial charge on any atom is 0.220 e. The number of hydrogen-bond donors (Lipinski definition) is 1. The standard InChI is InChI=1S/C9H17NO2/c1-3-4-8(12-2)7-5-9(11)10-6-7/h7-8H,3-6H2,1-2H3,(H,10,11). The van der Waals surface area contributed by atoms with Crippen LogP contribution in [0.25, 0.3) is 0 Å². The van der Waals surface area contributed by atoms with Crippen molar-refractivity contribution >= 4 is 5.91 Å². The fourth-order valence-electron chi connectivity index (χ4n) is 1.72. The first-order valence-corrected chi connectivity index (χ1v) is 4.57. The van der Waals surface area contributed by atoms with E-state index < -0.39 is 0 Å². The van der Waals surface area contributed by atoms with Crippen LogP contribution in [0.4, 0.5) is 0 Å². The van der Waals surface area contributed by atoms with Crippen molar-refractivity contribution in [3.63, 3.8) is 0 Å². The van der Waals surface area contributed by atoms with E-state index in [4.69, 9.17) is 4.74 Å². The van der Waals surface area contributed by atoms with Gasteiger partial charge in [0.1, 0.15) is 0 Å². The zero-order chi connectivity index (χ0) is 8.97. The number of amides is 1. The Balaban J connectivity index is 2.38. The Morgan fingerprint density at radius 1 is 1.75 bits per heavy atom. The largest absolute Gasteiger partial charge is 0.381 e. The summed E-state index contributed by atoms with van der Waals surface area (Å²) in [6.07, 6.45) is 3.06. The van der Waals surface area contributed by atoms with Crippen molar-refractivity contribution in [1.29, 1.82) is 0 Å². The van der Waals surface area contributed by atoms with Gasteiger partial charge in [-0.2, -0.15) is 0 Å². The molecule has 12 heavy (non-hydrogen) atoms. The molecule has 2 atom stereocenters. The highest BCUT2D eigenvalue weighted by Gasteiger charge is 2.28. The lowest BCUT2D eigenvalue weighted by Gasteiger charge is -2.19. The molecule has 1 N–H and O–H groups in total. The van der Waals surface area contributed by atoms with Gasteiger partial charge in [-0.1, -0.05) is 13.3 Å². The second-order valence-electron chi connectivity index (χ2n) is 3.33. The first kappa shape index (κ1) is 9.52. The zero-order valence-corrected chi connectivity index (χ0v) is 7.80. The van der Waals surface area contributed by atoms with Crippen LogP contribution < -0.4 is 5.32 Å². The molecule has 1 rings (SSSR count). The summed E-state index contributed by atoms with van der Waals surface area (Å²) in [6, 6.07) is 0. The highest BCUT2D eigenvalue weighted by Crippen LogP contribution is 2.19. The molecule has 1 fully saturated rings. The molecule has 1 saturated heterocycles. The van der Waals surface area contributed by atoms with Gasteiger partial charge < -0.3 is 10.1 Å². The number of hydrogen-bond acceptors (Lipinski definition) is 2. The second kappa shape index (κ2) is 4.45. The second-order valence-corrected chi connectivity index (χ2v) is 3.33. The molecule has 0 aromatic rings. The van der Waals surface area contributed by atoms with Gasteiger partial charge in [-0.15, -0.1) is 0 Å². The molecular weight excluding hydrogens is 154 g/mol. The average molecular weight is 171 g/mol. The fourth-order valence-corrected chi connectivity index (χ4v) is 1.72. The maximum absolute atomic E-state index is 10.9. The SMILES string of the molecule is CCCC(OC)C1CNC(=O)C1. The maximum atomic E-state index is 10.9. The molecule has 2 unspecified atom stereocenters. The number of carbonyl (C=O) groups is 1. The number of nitrogens with one attached hydrogen (secondary N) is 1. The van der Waals surface area contributed by atoms with Crippen LogP contribution >= 0.6 is 0 Å². The van der Waals surface area contributed by atoms with Gasteiger partial charge in [-0.05, 0) is 6.42 Å². The Bertz CT molecular complexity index is 159. The molecule has 3 heteroatoms. The van der Waals surface area contributed by atoms with Crippen LogP contribution in [-0.2, 0) is 9.53 Å². The number of ether oxygens (including phenoxy) is 1. The zero-order valence-electron chi connectivity index (χ0n) is 7.80. The molecule has 0 saturated carbocycles. The molecule has 3 nitrogen and oxygen atoms in total. The summed E-state index contributed by atoms with van der Waals surface area (Å²) in [5.41, 5.74) is 0. The van der Waals surface area contributed by atoms with Gasteiger partial charge >= 0.3 is 0 Å². The summed E-state index contributed by atoms with van der Waals surface area (Å²) < 4.78 is 5.33. The summed E-state index contributed by atoms with van der Waals surface area (Å²) in [5.74, 6) is 0.556. The quantitative estimate of drug-likeness (QED) is 0.683. The Hall–Kier alpha value is -0.570. The third kappa shape index (κ3) is 2.21. The number of methoxy groups -OCH3 is 1. The van der Waals surface area contributed by atoms with Crippen LogP contribution in [0.2, 0.25) is 0 Å². The minimum absolute atomic E-state index is 0.165. The molecule has 0 spiro atoms. The van der Waals surface area contributed by atoms with E-state index in [1.807, 2.05) is 0 Å². The van der Waals surface area contributed by atoms with E-state index in [0.29, 0.717) is 12.3 Å². The lowest BCUT2D eigenvalue weighted by Crippen LogP contribution is -2.24. The van der Waals surface area contributed by atoms with Crippen molar-refractivity contribution in [2.45, 2.75) is 32.3 Å². The van der Waals surface area contributed by atoms with Crippen molar-refractivity contribution in [3.8, 4) is 0 Å². The summed E-state index contributed by atoms with van der Waals surface area (Å²) in [7, 11) is 1.73. The molecule has 1 aliphatic heterocycles. The van der Waals surface area contributed by atoms with Crippen LogP contribution in [0, 0.1) is 5.92 Å². The normalized spacial score (nSPS) is 25.5. The van der Waals surface area contributed by atoms with Gasteiger partial charge in [0.2, 0.25) is 5.91 Å². The van der Waals surface area contributed by atoms with Crippen molar-refractivity contribution in [3.05, 3.63) is 0 Å². The third-order valence-electron chi connectivity index (χ3n) is 2.41. The Kier molecular flexibility index (Phi) is 3.53. The molecule has 0 aromatic carbocycles. The summed E-state index contributed by atoms with van der Waals surface area (Å²) in [6.45, 7) is 2.92. The molecule has 1 heterocycles. The van der Waals surface area contributed by atoms with Gasteiger partial charge in [-0.25, -0.2) is 0 Å². The van der Waals surface area contributed by atoms with E-state index >= 15 is 0 Å². The van der Waals surface area contributed by atoms with E-state index in [9.17, 15) is 4.79 Å². The van der Waals surface area contributed by atoms with Gasteiger partial charge in [0.15, 0.2) is 0 Å². The Morgan fingerprint density at radius 2 is 2.50 bits per heavy atom. The van der Waals surface area contributed by atoms with Crippen molar-refractivity contribution in [1.82, 2.24) is 5.32 Å². The van der Waals surface area contributed by atoms with Crippen LogP contribution in [0.5, 0.6) is 0 Å². The number of rotatable bonds is 4. The Labute approximate surface area is 73.5 Å². The Morgan fingerprint density at radius 3 is 2.92 bits per heavy atom. The van der Waals surface area contributed by atoms with Crippen LogP contribution in [0.3, 0.4) is 0 Å². The molecule has 0 bridgehead atoms. The molecule has 1 aliphatic rings. The van der Waals surface area contributed by atoms with Crippen molar-refractivity contribution in [2.24, 2.45) is 5.92 Å². The fraction of sp³-hybridized carbons (Fsp3) is 0.889. The highest BCUT2D eigenvalue weighted by atomic mass is 16.5. The lowest BCUT2D eigenvalue weighted by atomic mass is 9.98. The first-order chi connectivity index (χ1) is 5.77. The highest BCUT2D eigenvalue weighted by molar-refractivity contribution is 5.78. The topological polar surface area (TPSA) is 38.3 Å². The van der Waals surface area contributed by atoms with E-state index in [2.05, 4.69) is 12.2 Å². The predicted molar refractivity (Wildman–Crippen MR) is 46.8 cm³/mol. The third-order valence-corrected chi connectivity index (χ3v) is 2.41. The minimum atomic E-state index is 0.165. The minimum Gasteiger partial charge on any atom is -0.381 e. The monoisotopic (exact) mass is 171 g/mol. The van der Waals surface area contributed by atoms with Crippen LogP contribution in [-0.4, -0.2) is 25.7 Å². The predicted octanol–water partition coefficient (Wildman–Crippen LogP) is 0.938. The van der Waals surface area contributed by atoms with Gasteiger partial charge in [0.25, 0.3) is 0 Å². The van der Waals surface area contributed by atoms with E-state index in [1.54, 1.807) is 7.11 Å². The van der Waals surface area contributed by atoms with Crippen LogP contribution in [0.1, 0.15) is 26.2 Å². The summed E-state index contributed by atoms with van der Waals surface area (Å²) in [5, 5.41) is 2.82. The van der Waals surface area contributed by atoms with Gasteiger partial charge in [0.05, 0.1) is 6.10 Å². The van der Waals surface area contributed by atoms with Crippen LogP contribution in [0.15, 0.2) is 0 Å². The molecule has 1 amide bonds. The molecule has 0 radical (unpaired) electrons. The van der Waals surface area contributed by atoms with E-state index in [-0.39, 0.29) is 12.0 Å². The summed E-state index contributed by atoms with van der Waals surface area (Å²) in [4.78, 5) is 10.9.